The topological polar surface area (TPSA) is 24.5 Å². The van der Waals surface area contributed by atoms with Crippen molar-refractivity contribution in [3.8, 4) is 0 Å². The zero-order chi connectivity index (χ0) is 13.7. The van der Waals surface area contributed by atoms with Crippen LogP contribution in [0.5, 0.6) is 0 Å². The Labute approximate surface area is 114 Å². The lowest BCUT2D eigenvalue weighted by Crippen LogP contribution is -2.46. The minimum Gasteiger partial charge on any atom is -0.374 e. The van der Waals surface area contributed by atoms with Gasteiger partial charge in [-0.1, -0.05) is 18.2 Å². The normalized spacial score (nSPS) is 21.6. The van der Waals surface area contributed by atoms with Crippen LogP contribution in [0.25, 0.3) is 0 Å². The lowest BCUT2D eigenvalue weighted by atomic mass is 10.1. The molecule has 1 aromatic carbocycles. The Morgan fingerprint density at radius 1 is 1.47 bits per heavy atom. The van der Waals surface area contributed by atoms with Gasteiger partial charge in [0, 0.05) is 25.7 Å². The number of rotatable bonds is 5. The van der Waals surface area contributed by atoms with Crippen molar-refractivity contribution in [2.75, 3.05) is 33.3 Å². The van der Waals surface area contributed by atoms with Gasteiger partial charge in [-0.15, -0.1) is 0 Å². The van der Waals surface area contributed by atoms with Crippen LogP contribution in [0.2, 0.25) is 0 Å². The van der Waals surface area contributed by atoms with Crippen molar-refractivity contribution in [3.05, 3.63) is 35.6 Å². The molecule has 1 aliphatic rings. The second kappa shape index (κ2) is 6.98. The Morgan fingerprint density at radius 3 is 2.95 bits per heavy atom. The summed E-state index contributed by atoms with van der Waals surface area (Å²) in [6, 6.07) is 7.30. The van der Waals surface area contributed by atoms with Crippen molar-refractivity contribution < 1.29 is 9.13 Å². The quantitative estimate of drug-likeness (QED) is 0.877. The number of hydrogen-bond acceptors (Lipinski definition) is 3. The van der Waals surface area contributed by atoms with Crippen molar-refractivity contribution in [3.63, 3.8) is 0 Å². The van der Waals surface area contributed by atoms with E-state index >= 15 is 0 Å². The maximum absolute atomic E-state index is 13.6. The molecule has 0 saturated carbocycles. The molecule has 19 heavy (non-hydrogen) atoms. The highest BCUT2D eigenvalue weighted by atomic mass is 19.1. The molecular formula is C15H23FN2O. The number of ether oxygens (including phenoxy) is 1. The molecule has 1 aliphatic heterocycles. The van der Waals surface area contributed by atoms with Gasteiger partial charge < -0.3 is 15.0 Å². The summed E-state index contributed by atoms with van der Waals surface area (Å²) in [6.07, 6.45) is 0.963. The van der Waals surface area contributed by atoms with Crippen molar-refractivity contribution >= 4 is 0 Å². The minimum atomic E-state index is -0.113. The standard InChI is InChI=1S/C15H23FN2O/c1-12(9-13-5-3-4-6-15(13)16)18(2)11-14-10-17-7-8-19-14/h3-6,12,14,17H,7-11H2,1-2H3. The average Bonchev–Trinajstić information content (AvgIpc) is 2.42. The molecule has 2 rings (SSSR count). The fourth-order valence-corrected chi connectivity index (χ4v) is 2.38. The monoisotopic (exact) mass is 266 g/mol. The van der Waals surface area contributed by atoms with Crippen LogP contribution in [0.4, 0.5) is 4.39 Å². The van der Waals surface area contributed by atoms with Gasteiger partial charge >= 0.3 is 0 Å². The molecule has 0 aliphatic carbocycles. The van der Waals surface area contributed by atoms with Gasteiger partial charge in [-0.05, 0) is 32.0 Å². The summed E-state index contributed by atoms with van der Waals surface area (Å²) in [6.45, 7) is 5.62. The molecule has 1 N–H and O–H groups in total. The highest BCUT2D eigenvalue weighted by Crippen LogP contribution is 2.12. The van der Waals surface area contributed by atoms with Crippen LogP contribution in [0.3, 0.4) is 0 Å². The predicted molar refractivity (Wildman–Crippen MR) is 74.8 cm³/mol. The number of nitrogens with one attached hydrogen (secondary N) is 1. The highest BCUT2D eigenvalue weighted by molar-refractivity contribution is 5.18. The Hall–Kier alpha value is -0.970. The smallest absolute Gasteiger partial charge is 0.126 e. The number of halogens is 1. The summed E-state index contributed by atoms with van der Waals surface area (Å²) in [7, 11) is 2.07. The Morgan fingerprint density at radius 2 is 2.26 bits per heavy atom. The molecule has 2 unspecified atom stereocenters. The zero-order valence-corrected chi connectivity index (χ0v) is 11.7. The Bertz CT molecular complexity index is 393. The van der Waals surface area contributed by atoms with Gasteiger partial charge in [0.2, 0.25) is 0 Å². The van der Waals surface area contributed by atoms with E-state index in [0.29, 0.717) is 6.04 Å². The molecule has 0 amide bonds. The lowest BCUT2D eigenvalue weighted by Gasteiger charge is -2.31. The number of morpholine rings is 1. The van der Waals surface area contributed by atoms with Crippen LogP contribution in [-0.2, 0) is 11.2 Å². The van der Waals surface area contributed by atoms with Gasteiger partial charge in [-0.2, -0.15) is 0 Å². The van der Waals surface area contributed by atoms with E-state index < -0.39 is 0 Å². The first-order valence-corrected chi connectivity index (χ1v) is 6.93. The van der Waals surface area contributed by atoms with Crippen LogP contribution < -0.4 is 5.32 Å². The molecule has 1 aromatic rings. The summed E-state index contributed by atoms with van der Waals surface area (Å²) in [5.74, 6) is -0.113. The number of benzene rings is 1. The maximum Gasteiger partial charge on any atom is 0.126 e. The first-order valence-electron chi connectivity index (χ1n) is 6.93. The number of likely N-dealkylation sites (N-methyl/N-ethyl adjacent to an activating group) is 1. The van der Waals surface area contributed by atoms with Crippen LogP contribution >= 0.6 is 0 Å². The van der Waals surface area contributed by atoms with E-state index in [2.05, 4.69) is 24.2 Å². The van der Waals surface area contributed by atoms with Gasteiger partial charge in [0.25, 0.3) is 0 Å². The van der Waals surface area contributed by atoms with E-state index in [1.54, 1.807) is 6.07 Å². The van der Waals surface area contributed by atoms with Crippen LogP contribution in [0, 0.1) is 5.82 Å². The van der Waals surface area contributed by atoms with Gasteiger partial charge in [0.1, 0.15) is 5.82 Å². The van der Waals surface area contributed by atoms with Crippen molar-refractivity contribution in [1.29, 1.82) is 0 Å². The molecule has 0 aromatic heterocycles. The largest absolute Gasteiger partial charge is 0.374 e. The van der Waals surface area contributed by atoms with E-state index in [0.717, 1.165) is 38.2 Å². The Kier molecular flexibility index (Phi) is 5.31. The number of nitrogens with zero attached hydrogens (tertiary/aromatic N) is 1. The second-order valence-electron chi connectivity index (χ2n) is 5.28. The molecule has 0 bridgehead atoms. The molecule has 0 radical (unpaired) electrons. The molecule has 4 heteroatoms. The third kappa shape index (κ3) is 4.27. The van der Waals surface area contributed by atoms with E-state index in [1.165, 1.54) is 6.07 Å². The Balaban J connectivity index is 1.85. The fourth-order valence-electron chi connectivity index (χ4n) is 2.38. The molecule has 1 heterocycles. The van der Waals surface area contributed by atoms with E-state index in [-0.39, 0.29) is 11.9 Å². The van der Waals surface area contributed by atoms with Crippen molar-refractivity contribution in [2.24, 2.45) is 0 Å². The third-order valence-corrected chi connectivity index (χ3v) is 3.72. The minimum absolute atomic E-state index is 0.113. The molecule has 1 saturated heterocycles. The molecule has 1 fully saturated rings. The van der Waals surface area contributed by atoms with E-state index in [4.69, 9.17) is 4.74 Å². The predicted octanol–water partition coefficient (Wildman–Crippen LogP) is 1.68. The molecular weight excluding hydrogens is 243 g/mol. The second-order valence-corrected chi connectivity index (χ2v) is 5.28. The third-order valence-electron chi connectivity index (χ3n) is 3.72. The number of hydrogen-bond donors (Lipinski definition) is 1. The molecule has 106 valence electrons. The summed E-state index contributed by atoms with van der Waals surface area (Å²) in [4.78, 5) is 2.24. The SMILES string of the molecule is CC(Cc1ccccc1F)N(C)CC1CNCCO1. The van der Waals surface area contributed by atoms with Crippen molar-refractivity contribution in [1.82, 2.24) is 10.2 Å². The molecule has 3 nitrogen and oxygen atoms in total. The summed E-state index contributed by atoms with van der Waals surface area (Å²) in [5.41, 5.74) is 0.782. The van der Waals surface area contributed by atoms with Gasteiger partial charge in [0.05, 0.1) is 12.7 Å². The molecule has 2 atom stereocenters. The first-order chi connectivity index (χ1) is 9.16. The van der Waals surface area contributed by atoms with Crippen LogP contribution in [0.1, 0.15) is 12.5 Å². The zero-order valence-electron chi connectivity index (χ0n) is 11.7. The summed E-state index contributed by atoms with van der Waals surface area (Å²) >= 11 is 0. The van der Waals surface area contributed by atoms with Gasteiger partial charge in [0.15, 0.2) is 0 Å². The average molecular weight is 266 g/mol. The van der Waals surface area contributed by atoms with Gasteiger partial charge in [-0.25, -0.2) is 4.39 Å². The van der Waals surface area contributed by atoms with Crippen molar-refractivity contribution in [2.45, 2.75) is 25.5 Å². The van der Waals surface area contributed by atoms with E-state index in [1.807, 2.05) is 12.1 Å². The summed E-state index contributed by atoms with van der Waals surface area (Å²) < 4.78 is 19.3. The van der Waals surface area contributed by atoms with Crippen LogP contribution in [-0.4, -0.2) is 50.3 Å². The fraction of sp³-hybridized carbons (Fsp3) is 0.600. The first kappa shape index (κ1) is 14.4. The maximum atomic E-state index is 13.6. The molecule has 0 spiro atoms. The van der Waals surface area contributed by atoms with Crippen LogP contribution in [0.15, 0.2) is 24.3 Å². The van der Waals surface area contributed by atoms with Gasteiger partial charge in [-0.3, -0.25) is 0 Å². The summed E-state index contributed by atoms with van der Waals surface area (Å²) in [5, 5.41) is 3.33. The van der Waals surface area contributed by atoms with E-state index in [9.17, 15) is 4.39 Å². The highest BCUT2D eigenvalue weighted by Gasteiger charge is 2.19. The lowest BCUT2D eigenvalue weighted by molar-refractivity contribution is 0.00410.